The number of nitrogens with zero attached hydrogens (tertiary/aromatic N) is 4. The summed E-state index contributed by atoms with van der Waals surface area (Å²) >= 11 is 0. The number of benzene rings is 4. The molecule has 0 bridgehead atoms. The first-order valence-corrected chi connectivity index (χ1v) is 30.4. The van der Waals surface area contributed by atoms with Gasteiger partial charge in [0.2, 0.25) is 11.9 Å². The predicted octanol–water partition coefficient (Wildman–Crippen LogP) is 14.2. The molecule has 4 aromatic carbocycles. The predicted molar refractivity (Wildman–Crippen MR) is 340 cm³/mol. The van der Waals surface area contributed by atoms with Crippen molar-refractivity contribution in [3.8, 4) is 0 Å². The Bertz CT molecular complexity index is 3490. The van der Waals surface area contributed by atoms with Crippen LogP contribution < -0.4 is 32.3 Å². The van der Waals surface area contributed by atoms with E-state index >= 15 is 0 Å². The molecule has 0 unspecified atom stereocenters. The van der Waals surface area contributed by atoms with Crippen LogP contribution in [0.3, 0.4) is 0 Å². The van der Waals surface area contributed by atoms with Gasteiger partial charge in [-0.1, -0.05) is 60.7 Å². The number of carboxylic acids is 1. The molecule has 6 aromatic rings. The van der Waals surface area contributed by atoms with Crippen LogP contribution in [0.25, 0.3) is 11.1 Å². The lowest BCUT2D eigenvalue weighted by molar-refractivity contribution is 0.0624. The molecule has 12 rings (SSSR count). The highest BCUT2D eigenvalue weighted by Gasteiger charge is 2.33. The lowest BCUT2D eigenvalue weighted by Crippen LogP contribution is -2.42. The van der Waals surface area contributed by atoms with Gasteiger partial charge in [0.05, 0.1) is 25.5 Å². The maximum absolute atomic E-state index is 13.0. The third kappa shape index (κ3) is 17.8. The molecule has 17 nitrogen and oxygen atoms in total. The van der Waals surface area contributed by atoms with Crippen molar-refractivity contribution in [1.29, 1.82) is 0 Å². The standard InChI is InChI=1S/C34H39N5O3.C22H26N4.C12H15NO4.CH3F/c1-34(2,3)42-33(41)38-24-16-13-23(14-17-24)31(40)36-25-8-6-9-26(19-25)37-32-35-20-29(22-11-12-22)30(39-32)28-18-15-21-7-4-5-10-27(21)28;23-16-5-3-6-17(12-16)25-22-24-13-20(15-8-9-15)21(26-22)19-11-10-14-4-1-2-7-18(14)19;1-12(2,3)17-11(16)13-9-6-4-8(5-7-9)10(14)15;1-2/h4-5,7,10,13-14,16-18,20,22,25-26H,6,8-9,11-12,15,19H2,1-3H3,(H,36,40)(H,38,41)(H,35,37,39);1-2,4,7,11,13,15-17H,3,5-6,8-10,12,23H2,(H,24,25,26);4-7H,1-3H3,(H,13,16)(H,14,15);1H3/t25-,26+;16-,17+;;/m00../s1/i;;;1D. The van der Waals surface area contributed by atoms with E-state index in [1.807, 2.05) is 27.0 Å². The molecule has 2 heterocycles. The number of carboxylic acid groups (broad SMARTS) is 1. The number of anilines is 4. The molecule has 18 heteroatoms. The van der Waals surface area contributed by atoms with Gasteiger partial charge in [0.1, 0.15) is 11.2 Å². The number of allylic oxidation sites excluding steroid dienone is 2. The van der Waals surface area contributed by atoms with Gasteiger partial charge in [-0.25, -0.2) is 34.3 Å². The minimum atomic E-state index is -1.01. The molecule has 0 spiro atoms. The summed E-state index contributed by atoms with van der Waals surface area (Å²) in [4.78, 5) is 66.5. The van der Waals surface area contributed by atoms with Crippen LogP contribution in [0.5, 0.6) is 0 Å². The Kier molecular flexibility index (Phi) is 20.1. The molecule has 6 aliphatic rings. The molecular weight excluding hydrogens is 1100 g/mol. The number of aromatic carboxylic acids is 1. The Morgan fingerprint density at radius 2 is 1.01 bits per heavy atom. The third-order valence-electron chi connectivity index (χ3n) is 15.8. The fourth-order valence-electron chi connectivity index (χ4n) is 11.4. The fraction of sp³-hybridized carbons (Fsp3) is 0.420. The number of nitrogens with one attached hydrogen (secondary N) is 5. The van der Waals surface area contributed by atoms with Crippen molar-refractivity contribution in [2.24, 2.45) is 5.73 Å². The summed E-state index contributed by atoms with van der Waals surface area (Å²) in [6, 6.07) is 30.9. The van der Waals surface area contributed by atoms with Gasteiger partial charge in [-0.05, 0) is 214 Å². The summed E-state index contributed by atoms with van der Waals surface area (Å²) in [7, 11) is -1.00. The minimum absolute atomic E-state index is 0.0536. The fourth-order valence-corrected chi connectivity index (χ4v) is 11.4. The summed E-state index contributed by atoms with van der Waals surface area (Å²) in [5, 5.41) is 24.3. The lowest BCUT2D eigenvalue weighted by atomic mass is 9.91. The monoisotopic (exact) mass is 1180 g/mol. The van der Waals surface area contributed by atoms with Crippen molar-refractivity contribution in [1.82, 2.24) is 25.3 Å². The number of alkyl halides is 1. The topological polar surface area (TPSA) is 245 Å². The highest BCUT2D eigenvalue weighted by atomic mass is 19.1. The summed E-state index contributed by atoms with van der Waals surface area (Å²) in [6.07, 6.45) is 22.7. The van der Waals surface area contributed by atoms with E-state index in [4.69, 9.17) is 36.6 Å². The largest absolute Gasteiger partial charge is 0.478 e. The van der Waals surface area contributed by atoms with Crippen molar-refractivity contribution in [2.45, 2.75) is 179 Å². The Balaban J connectivity index is 0.000000170. The molecule has 0 saturated heterocycles. The average Bonchev–Trinajstić information content (AvgIpc) is 3.11. The molecule has 6 aliphatic carbocycles. The first-order valence-electron chi connectivity index (χ1n) is 31.1. The van der Waals surface area contributed by atoms with Crippen molar-refractivity contribution in [3.63, 3.8) is 0 Å². The van der Waals surface area contributed by atoms with Gasteiger partial charge < -0.3 is 36.3 Å². The van der Waals surface area contributed by atoms with Gasteiger partial charge in [-0.2, -0.15) is 0 Å². The second-order valence-corrected chi connectivity index (χ2v) is 25.2. The molecule has 0 radical (unpaired) electrons. The maximum Gasteiger partial charge on any atom is 0.412 e. The Hall–Kier alpha value is -8.51. The molecular formula is C69H83FN10O7. The van der Waals surface area contributed by atoms with Gasteiger partial charge in [-0.3, -0.25) is 19.8 Å². The summed E-state index contributed by atoms with van der Waals surface area (Å²) in [6.45, 7) is 10.7. The minimum Gasteiger partial charge on any atom is -0.478 e. The van der Waals surface area contributed by atoms with E-state index in [-0.39, 0.29) is 23.6 Å². The molecule has 8 N–H and O–H groups in total. The summed E-state index contributed by atoms with van der Waals surface area (Å²) in [5.74, 6) is 1.48. The van der Waals surface area contributed by atoms with Crippen LogP contribution >= 0.6 is 0 Å². The van der Waals surface area contributed by atoms with E-state index in [1.54, 1.807) is 45.0 Å². The number of amides is 3. The van der Waals surface area contributed by atoms with Crippen LogP contribution in [0.2, 0.25) is 0 Å². The highest BCUT2D eigenvalue weighted by molar-refractivity contribution is 5.95. The van der Waals surface area contributed by atoms with Gasteiger partial charge in [-0.15, -0.1) is 0 Å². The number of fused-ring (bicyclic) bond motifs is 2. The van der Waals surface area contributed by atoms with Crippen LogP contribution in [0.15, 0.2) is 122 Å². The number of halogens is 1. The van der Waals surface area contributed by atoms with E-state index in [0.717, 1.165) is 75.1 Å². The van der Waals surface area contributed by atoms with Crippen LogP contribution in [0.4, 0.5) is 37.3 Å². The molecule has 0 aliphatic heterocycles. The zero-order valence-electron chi connectivity index (χ0n) is 51.8. The number of nitrogens with two attached hydrogens (primary N) is 1. The number of hydrogen-bond acceptors (Lipinski definition) is 13. The average molecular weight is 1180 g/mol. The van der Waals surface area contributed by atoms with Crippen molar-refractivity contribution in [2.75, 3.05) is 28.4 Å². The van der Waals surface area contributed by atoms with Gasteiger partial charge in [0.15, 0.2) is 0 Å². The SMILES string of the molecule is CC(C)(C)OC(=O)Nc1ccc(C(=O)N[C@H]2CCC[C@@H](Nc3ncc(C4CC4)c(C4=CCc5ccccc54)n3)C2)cc1.CC(C)(C)OC(=O)Nc1ccc(C(=O)O)cc1.N[C@H]1CCC[C@@H](Nc2ncc(C3CC3)c(C3=CCc4ccccc43)n2)C1.[2H]CF. The van der Waals surface area contributed by atoms with Crippen LogP contribution in [0.1, 0.15) is 197 Å². The molecule has 4 fully saturated rings. The van der Waals surface area contributed by atoms with E-state index in [9.17, 15) is 23.6 Å². The summed E-state index contributed by atoms with van der Waals surface area (Å²) in [5.41, 5.74) is 19.4. The van der Waals surface area contributed by atoms with Crippen molar-refractivity contribution < 1.29 is 39.5 Å². The van der Waals surface area contributed by atoms with E-state index in [0.29, 0.717) is 46.8 Å². The van der Waals surface area contributed by atoms with Gasteiger partial charge in [0, 0.05) is 75.8 Å². The normalized spacial score (nSPS) is 19.3. The second kappa shape index (κ2) is 28.3. The quantitative estimate of drug-likeness (QED) is 0.0569. The van der Waals surface area contributed by atoms with Crippen LogP contribution in [-0.2, 0) is 22.3 Å². The lowest BCUT2D eigenvalue weighted by Gasteiger charge is -2.30. The maximum atomic E-state index is 13.0. The summed E-state index contributed by atoms with van der Waals surface area (Å²) < 4.78 is 25.8. The molecule has 4 atom stereocenters. The van der Waals surface area contributed by atoms with Crippen LogP contribution in [-0.4, -0.2) is 91.6 Å². The third-order valence-corrected chi connectivity index (χ3v) is 15.8. The molecule has 87 heavy (non-hydrogen) atoms. The Morgan fingerprint density at radius 1 is 0.586 bits per heavy atom. The number of ether oxygens (including phenoxy) is 2. The van der Waals surface area contributed by atoms with E-state index < -0.39 is 36.5 Å². The zero-order chi connectivity index (χ0) is 62.5. The Morgan fingerprint density at radius 3 is 1.45 bits per heavy atom. The molecule has 4 saturated carbocycles. The smallest absolute Gasteiger partial charge is 0.412 e. The zero-order valence-corrected chi connectivity index (χ0v) is 50.8. The van der Waals surface area contributed by atoms with Gasteiger partial charge in [0.25, 0.3) is 5.91 Å². The second-order valence-electron chi connectivity index (χ2n) is 25.2. The van der Waals surface area contributed by atoms with Crippen molar-refractivity contribution in [3.05, 3.63) is 178 Å². The highest BCUT2D eigenvalue weighted by Crippen LogP contribution is 2.46. The van der Waals surface area contributed by atoms with Crippen molar-refractivity contribution >= 4 is 58.5 Å². The first kappa shape index (κ1) is 61.6. The molecule has 458 valence electrons. The molecule has 2 aromatic heterocycles. The number of rotatable bonds is 13. The van der Waals surface area contributed by atoms with Gasteiger partial charge >= 0.3 is 18.2 Å². The number of carbonyl (C=O) groups excluding carboxylic acids is 3. The number of carbonyl (C=O) groups is 4. The van der Waals surface area contributed by atoms with E-state index in [2.05, 4.69) is 98.4 Å². The first-order chi connectivity index (χ1) is 42.2. The van der Waals surface area contributed by atoms with E-state index in [1.165, 1.54) is 101 Å². The van der Waals surface area contributed by atoms with Crippen LogP contribution in [0, 0.1) is 0 Å². The Labute approximate surface area is 511 Å². The number of hydrogen-bond donors (Lipinski definition) is 7. The number of aromatic nitrogens is 4. The molecule has 3 amide bonds.